The number of hydrogen-bond donors (Lipinski definition) is 2. The van der Waals surface area contributed by atoms with Crippen molar-refractivity contribution in [2.24, 2.45) is 0 Å². The van der Waals surface area contributed by atoms with Gasteiger partial charge in [-0.2, -0.15) is 0 Å². The molecule has 0 aliphatic carbocycles. The summed E-state index contributed by atoms with van der Waals surface area (Å²) >= 11 is 0. The maximum Gasteiger partial charge on any atom is 0.123 e. The van der Waals surface area contributed by atoms with Crippen LogP contribution in [0.1, 0.15) is 44.1 Å². The predicted octanol–water partition coefficient (Wildman–Crippen LogP) is 4.48. The van der Waals surface area contributed by atoms with Gasteiger partial charge >= 0.3 is 0 Å². The van der Waals surface area contributed by atoms with Crippen LogP contribution in [0.4, 0.5) is 0 Å². The standard InChI is InChI=1S/C19H23N3/c1-3-6-14(4-2)15-8-10-16(11-9-15)18-13-21-19(22-18)17-7-5-12-20-17/h3-4,6,8-11,13,17,20H,5,7,12H2,1-2H3,(H,21,22). The van der Waals surface area contributed by atoms with Gasteiger partial charge in [-0.15, -0.1) is 0 Å². The summed E-state index contributed by atoms with van der Waals surface area (Å²) in [7, 11) is 0. The number of benzene rings is 1. The van der Waals surface area contributed by atoms with E-state index < -0.39 is 0 Å². The van der Waals surface area contributed by atoms with Crippen LogP contribution in [0.3, 0.4) is 0 Å². The second-order valence-corrected chi connectivity index (χ2v) is 5.65. The Morgan fingerprint density at radius 3 is 2.68 bits per heavy atom. The molecule has 3 rings (SSSR count). The summed E-state index contributed by atoms with van der Waals surface area (Å²) in [5.74, 6) is 1.06. The van der Waals surface area contributed by atoms with Crippen LogP contribution in [0.15, 0.2) is 48.7 Å². The van der Waals surface area contributed by atoms with Crippen LogP contribution in [0.5, 0.6) is 0 Å². The van der Waals surface area contributed by atoms with E-state index >= 15 is 0 Å². The van der Waals surface area contributed by atoms with Crippen LogP contribution in [0, 0.1) is 0 Å². The van der Waals surface area contributed by atoms with Gasteiger partial charge in [0.2, 0.25) is 0 Å². The highest BCUT2D eigenvalue weighted by atomic mass is 15.0. The molecule has 2 aromatic rings. The van der Waals surface area contributed by atoms with Crippen molar-refractivity contribution in [1.82, 2.24) is 15.3 Å². The quantitative estimate of drug-likeness (QED) is 0.816. The second-order valence-electron chi connectivity index (χ2n) is 5.65. The largest absolute Gasteiger partial charge is 0.341 e. The SMILES string of the molecule is CC=CC(=CC)c1ccc(-c2cnc(C3CCCN3)[nH]2)cc1. The number of rotatable bonds is 4. The third kappa shape index (κ3) is 3.04. The van der Waals surface area contributed by atoms with Gasteiger partial charge in [-0.05, 0) is 49.9 Å². The molecule has 1 unspecified atom stereocenters. The first-order valence-corrected chi connectivity index (χ1v) is 8.00. The molecule has 22 heavy (non-hydrogen) atoms. The van der Waals surface area contributed by atoms with Crippen molar-refractivity contribution >= 4 is 5.57 Å². The molecule has 1 aromatic heterocycles. The van der Waals surface area contributed by atoms with E-state index in [0.717, 1.165) is 18.1 Å². The molecule has 0 bridgehead atoms. The minimum absolute atomic E-state index is 0.386. The Kier molecular flexibility index (Phi) is 4.54. The molecular weight excluding hydrogens is 270 g/mol. The van der Waals surface area contributed by atoms with Gasteiger partial charge < -0.3 is 10.3 Å². The smallest absolute Gasteiger partial charge is 0.123 e. The third-order valence-corrected chi connectivity index (χ3v) is 4.17. The van der Waals surface area contributed by atoms with Gasteiger partial charge in [-0.3, -0.25) is 0 Å². The average Bonchev–Trinajstić information content (AvgIpc) is 3.23. The minimum Gasteiger partial charge on any atom is -0.341 e. The Labute approximate surface area is 132 Å². The summed E-state index contributed by atoms with van der Waals surface area (Å²) in [4.78, 5) is 7.99. The van der Waals surface area contributed by atoms with Crippen LogP contribution in [0.25, 0.3) is 16.8 Å². The first-order chi connectivity index (χ1) is 10.8. The molecule has 1 atom stereocenters. The van der Waals surface area contributed by atoms with Crippen LogP contribution >= 0.6 is 0 Å². The number of nitrogens with zero attached hydrogens (tertiary/aromatic N) is 1. The van der Waals surface area contributed by atoms with E-state index in [-0.39, 0.29) is 0 Å². The Morgan fingerprint density at radius 1 is 1.23 bits per heavy atom. The van der Waals surface area contributed by atoms with Gasteiger partial charge in [0.1, 0.15) is 5.82 Å². The van der Waals surface area contributed by atoms with E-state index in [0.29, 0.717) is 6.04 Å². The molecule has 0 amide bonds. The van der Waals surface area contributed by atoms with Crippen molar-refractivity contribution in [3.05, 3.63) is 60.1 Å². The number of hydrogen-bond acceptors (Lipinski definition) is 2. The fourth-order valence-electron chi connectivity index (χ4n) is 2.96. The van der Waals surface area contributed by atoms with E-state index in [9.17, 15) is 0 Å². The molecule has 2 N–H and O–H groups in total. The predicted molar refractivity (Wildman–Crippen MR) is 92.5 cm³/mol. The Bertz CT molecular complexity index is 671. The Hall–Kier alpha value is -2.13. The summed E-state index contributed by atoms with van der Waals surface area (Å²) in [5, 5.41) is 3.47. The Balaban J connectivity index is 1.81. The lowest BCUT2D eigenvalue weighted by Gasteiger charge is -2.06. The number of allylic oxidation sites excluding steroid dienone is 4. The van der Waals surface area contributed by atoms with Crippen LogP contribution in [-0.2, 0) is 0 Å². The van der Waals surface area contributed by atoms with E-state index in [4.69, 9.17) is 0 Å². The zero-order valence-corrected chi connectivity index (χ0v) is 13.3. The maximum absolute atomic E-state index is 4.54. The summed E-state index contributed by atoms with van der Waals surface area (Å²) < 4.78 is 0. The molecule has 1 saturated heterocycles. The first kappa shape index (κ1) is 14.8. The number of imidazole rings is 1. The zero-order chi connectivity index (χ0) is 15.4. The van der Waals surface area contributed by atoms with Crippen molar-refractivity contribution in [3.8, 4) is 11.3 Å². The molecule has 3 heteroatoms. The monoisotopic (exact) mass is 293 g/mol. The lowest BCUT2D eigenvalue weighted by atomic mass is 10.0. The zero-order valence-electron chi connectivity index (χ0n) is 13.3. The molecule has 1 aromatic carbocycles. The molecule has 3 nitrogen and oxygen atoms in total. The van der Waals surface area contributed by atoms with Gasteiger partial charge in [0, 0.05) is 0 Å². The molecule has 1 aliphatic heterocycles. The normalized spacial score (nSPS) is 19.2. The van der Waals surface area contributed by atoms with Crippen molar-refractivity contribution in [1.29, 1.82) is 0 Å². The molecule has 2 heterocycles. The fraction of sp³-hybridized carbons (Fsp3) is 0.316. The summed E-state index contributed by atoms with van der Waals surface area (Å²) in [5.41, 5.74) is 4.75. The van der Waals surface area contributed by atoms with E-state index in [1.165, 1.54) is 29.5 Å². The van der Waals surface area contributed by atoms with E-state index in [1.807, 2.05) is 13.1 Å². The molecule has 1 aliphatic rings. The highest BCUT2D eigenvalue weighted by Gasteiger charge is 2.19. The summed E-state index contributed by atoms with van der Waals surface area (Å²) in [6, 6.07) is 9.03. The number of aromatic nitrogens is 2. The van der Waals surface area contributed by atoms with Crippen molar-refractivity contribution in [2.75, 3.05) is 6.54 Å². The number of aromatic amines is 1. The maximum atomic E-state index is 4.54. The Morgan fingerprint density at radius 2 is 2.05 bits per heavy atom. The molecule has 114 valence electrons. The topological polar surface area (TPSA) is 40.7 Å². The average molecular weight is 293 g/mol. The summed E-state index contributed by atoms with van der Waals surface area (Å²) in [6.45, 7) is 5.20. The van der Waals surface area contributed by atoms with Crippen molar-refractivity contribution < 1.29 is 0 Å². The van der Waals surface area contributed by atoms with Gasteiger partial charge in [0.05, 0.1) is 17.9 Å². The van der Waals surface area contributed by atoms with E-state index in [2.05, 4.69) is 64.7 Å². The lowest BCUT2D eigenvalue weighted by molar-refractivity contribution is 0.613. The van der Waals surface area contributed by atoms with Crippen LogP contribution in [0.2, 0.25) is 0 Å². The van der Waals surface area contributed by atoms with Gasteiger partial charge in [-0.25, -0.2) is 4.98 Å². The third-order valence-electron chi connectivity index (χ3n) is 4.17. The highest BCUT2D eigenvalue weighted by molar-refractivity contribution is 5.75. The molecule has 0 saturated carbocycles. The van der Waals surface area contributed by atoms with Crippen molar-refractivity contribution in [3.63, 3.8) is 0 Å². The van der Waals surface area contributed by atoms with E-state index in [1.54, 1.807) is 0 Å². The molecular formula is C19H23N3. The molecule has 0 spiro atoms. The summed E-state index contributed by atoms with van der Waals surface area (Å²) in [6.07, 6.45) is 10.7. The van der Waals surface area contributed by atoms with Crippen molar-refractivity contribution in [2.45, 2.75) is 32.7 Å². The van der Waals surface area contributed by atoms with Gasteiger partial charge in [-0.1, -0.05) is 42.5 Å². The number of H-pyrrole nitrogens is 1. The lowest BCUT2D eigenvalue weighted by Crippen LogP contribution is -2.14. The van der Waals surface area contributed by atoms with Gasteiger partial charge in [0.25, 0.3) is 0 Å². The number of nitrogens with one attached hydrogen (secondary N) is 2. The minimum atomic E-state index is 0.386. The highest BCUT2D eigenvalue weighted by Crippen LogP contribution is 2.25. The van der Waals surface area contributed by atoms with Gasteiger partial charge in [0.15, 0.2) is 0 Å². The van der Waals surface area contributed by atoms with Crippen LogP contribution < -0.4 is 5.32 Å². The second kappa shape index (κ2) is 6.75. The van der Waals surface area contributed by atoms with Crippen LogP contribution in [-0.4, -0.2) is 16.5 Å². The molecule has 0 radical (unpaired) electrons. The fourth-order valence-corrected chi connectivity index (χ4v) is 2.96. The molecule has 1 fully saturated rings. The first-order valence-electron chi connectivity index (χ1n) is 8.00.